The van der Waals surface area contributed by atoms with E-state index in [0.29, 0.717) is 12.2 Å². The van der Waals surface area contributed by atoms with Crippen LogP contribution in [0.3, 0.4) is 0 Å². The Morgan fingerprint density at radius 3 is 2.20 bits per heavy atom. The van der Waals surface area contributed by atoms with E-state index in [1.165, 1.54) is 17.9 Å². The van der Waals surface area contributed by atoms with Gasteiger partial charge in [0.1, 0.15) is 31.1 Å². The number of aryl methyl sites for hydroxylation is 1. The molecule has 5 atom stereocenters. The van der Waals surface area contributed by atoms with Crippen LogP contribution in [-0.4, -0.2) is 72.7 Å². The summed E-state index contributed by atoms with van der Waals surface area (Å²) in [7, 11) is 3.06. The van der Waals surface area contributed by atoms with Crippen molar-refractivity contribution in [3.63, 3.8) is 0 Å². The molecule has 2 aromatic carbocycles. The Balaban J connectivity index is 1.61. The molecule has 3 aromatic rings. The van der Waals surface area contributed by atoms with Crippen LogP contribution in [0.25, 0.3) is 0 Å². The third kappa shape index (κ3) is 7.57. The van der Waals surface area contributed by atoms with Gasteiger partial charge in [-0.05, 0) is 18.1 Å². The molecule has 11 nitrogen and oxygen atoms in total. The number of rotatable bonds is 15. The first kappa shape index (κ1) is 30.8. The van der Waals surface area contributed by atoms with Gasteiger partial charge >= 0.3 is 5.69 Å². The van der Waals surface area contributed by atoms with Crippen molar-refractivity contribution in [2.75, 3.05) is 34.0 Å². The summed E-state index contributed by atoms with van der Waals surface area (Å²) in [4.78, 5) is 26.6. The predicted octanol–water partition coefficient (Wildman–Crippen LogP) is 2.01. The highest BCUT2D eigenvalue weighted by Gasteiger charge is 2.50. The molecular formula is C30H38N2O9. The number of hydrogen-bond donors (Lipinski definition) is 1. The summed E-state index contributed by atoms with van der Waals surface area (Å²) in [5, 5.41) is 10.3. The van der Waals surface area contributed by atoms with Crippen LogP contribution < -0.4 is 11.2 Å². The van der Waals surface area contributed by atoms with E-state index in [1.54, 1.807) is 14.0 Å². The third-order valence-electron chi connectivity index (χ3n) is 6.92. The Kier molecular flexibility index (Phi) is 11.4. The van der Waals surface area contributed by atoms with E-state index >= 15 is 0 Å². The van der Waals surface area contributed by atoms with Crippen LogP contribution in [0.15, 0.2) is 76.4 Å². The zero-order chi connectivity index (χ0) is 29.2. The fourth-order valence-electron chi connectivity index (χ4n) is 4.81. The molecular weight excluding hydrogens is 532 g/mol. The van der Waals surface area contributed by atoms with E-state index < -0.39 is 41.9 Å². The highest BCUT2D eigenvalue weighted by Crippen LogP contribution is 2.35. The summed E-state index contributed by atoms with van der Waals surface area (Å²) in [6.07, 6.45) is -2.58. The van der Waals surface area contributed by atoms with Crippen molar-refractivity contribution in [3.05, 3.63) is 104 Å². The summed E-state index contributed by atoms with van der Waals surface area (Å²) >= 11 is 0. The van der Waals surface area contributed by atoms with Gasteiger partial charge in [0.15, 0.2) is 6.23 Å². The lowest BCUT2D eigenvalue weighted by Crippen LogP contribution is -2.46. The molecule has 1 aliphatic heterocycles. The molecule has 0 radical (unpaired) electrons. The average Bonchev–Trinajstić information content (AvgIpc) is 3.36. The first-order valence-electron chi connectivity index (χ1n) is 13.5. The van der Waals surface area contributed by atoms with Gasteiger partial charge in [-0.25, -0.2) is 9.36 Å². The van der Waals surface area contributed by atoms with Gasteiger partial charge in [-0.1, -0.05) is 60.7 Å². The quantitative estimate of drug-likeness (QED) is 0.274. The predicted molar refractivity (Wildman–Crippen MR) is 149 cm³/mol. The number of aromatic nitrogens is 2. The second kappa shape index (κ2) is 15.2. The topological polar surface area (TPSA) is 120 Å². The molecule has 1 saturated heterocycles. The molecule has 1 aromatic heterocycles. The summed E-state index contributed by atoms with van der Waals surface area (Å²) in [6.45, 7) is 2.00. The standard InChI is InChI=1S/C30H38N2O9/c1-21-16-31(30(35)32(28(21)34)20-38-18-22-10-6-4-7-11-22)29-27(39-15-14-36-2)26(37-3)25(41-29)24(17-33)40-19-23-12-8-5-9-13-23/h4-13,16,24-27,29,33H,14-15,17-20H2,1-3H3/t24-,25-,26-,27-,29-/m1/s1. The first-order valence-corrected chi connectivity index (χ1v) is 13.5. The van der Waals surface area contributed by atoms with Gasteiger partial charge in [-0.3, -0.25) is 9.36 Å². The van der Waals surface area contributed by atoms with Gasteiger partial charge in [0.25, 0.3) is 5.56 Å². The Morgan fingerprint density at radius 1 is 0.927 bits per heavy atom. The van der Waals surface area contributed by atoms with Gasteiger partial charge < -0.3 is 33.5 Å². The van der Waals surface area contributed by atoms with Crippen LogP contribution in [0.4, 0.5) is 0 Å². The Labute approximate surface area is 238 Å². The summed E-state index contributed by atoms with van der Waals surface area (Å²) < 4.78 is 37.6. The zero-order valence-electron chi connectivity index (χ0n) is 23.6. The molecule has 1 fully saturated rings. The molecule has 0 bridgehead atoms. The molecule has 0 spiro atoms. The van der Waals surface area contributed by atoms with Gasteiger partial charge in [0, 0.05) is 26.0 Å². The lowest BCUT2D eigenvalue weighted by Gasteiger charge is -2.27. The van der Waals surface area contributed by atoms with Gasteiger partial charge in [0.05, 0.1) is 33.0 Å². The molecule has 0 amide bonds. The zero-order valence-corrected chi connectivity index (χ0v) is 23.6. The average molecular weight is 571 g/mol. The van der Waals surface area contributed by atoms with Crippen molar-refractivity contribution in [2.45, 2.75) is 57.5 Å². The Hall–Kier alpha value is -3.16. The summed E-state index contributed by atoms with van der Waals surface area (Å²) in [6, 6.07) is 19.0. The molecule has 41 heavy (non-hydrogen) atoms. The summed E-state index contributed by atoms with van der Waals surface area (Å²) in [5.41, 5.74) is 1.07. The second-order valence-corrected chi connectivity index (χ2v) is 9.74. The first-order chi connectivity index (χ1) is 20.0. The number of hydrogen-bond acceptors (Lipinski definition) is 9. The summed E-state index contributed by atoms with van der Waals surface area (Å²) in [5.74, 6) is 0. The van der Waals surface area contributed by atoms with E-state index in [1.807, 2.05) is 60.7 Å². The maximum absolute atomic E-state index is 13.7. The van der Waals surface area contributed by atoms with E-state index in [2.05, 4.69) is 0 Å². The maximum Gasteiger partial charge on any atom is 0.335 e. The number of benzene rings is 2. The maximum atomic E-state index is 13.7. The molecule has 222 valence electrons. The molecule has 2 heterocycles. The molecule has 1 N–H and O–H groups in total. The van der Waals surface area contributed by atoms with Crippen LogP contribution >= 0.6 is 0 Å². The monoisotopic (exact) mass is 570 g/mol. The lowest BCUT2D eigenvalue weighted by atomic mass is 10.0. The van der Waals surface area contributed by atoms with Crippen molar-refractivity contribution in [1.29, 1.82) is 0 Å². The van der Waals surface area contributed by atoms with Crippen molar-refractivity contribution >= 4 is 0 Å². The highest BCUT2D eigenvalue weighted by molar-refractivity contribution is 5.14. The smallest absolute Gasteiger partial charge is 0.335 e. The Bertz CT molecular complexity index is 1330. The van der Waals surface area contributed by atoms with Crippen LogP contribution in [0, 0.1) is 6.92 Å². The largest absolute Gasteiger partial charge is 0.394 e. The van der Waals surface area contributed by atoms with Crippen LogP contribution in [0.2, 0.25) is 0 Å². The molecule has 0 aliphatic carbocycles. The number of aliphatic hydroxyl groups excluding tert-OH is 1. The number of aliphatic hydroxyl groups is 1. The van der Waals surface area contributed by atoms with E-state index in [9.17, 15) is 14.7 Å². The second-order valence-electron chi connectivity index (χ2n) is 9.74. The molecule has 0 saturated carbocycles. The third-order valence-corrected chi connectivity index (χ3v) is 6.92. The normalized spacial score (nSPS) is 21.3. The van der Waals surface area contributed by atoms with Crippen molar-refractivity contribution < 1.29 is 33.5 Å². The van der Waals surface area contributed by atoms with Crippen LogP contribution in [0.1, 0.15) is 22.9 Å². The minimum Gasteiger partial charge on any atom is -0.394 e. The fourth-order valence-corrected chi connectivity index (χ4v) is 4.81. The van der Waals surface area contributed by atoms with Crippen molar-refractivity contribution in [3.8, 4) is 0 Å². The van der Waals surface area contributed by atoms with Crippen molar-refractivity contribution in [2.24, 2.45) is 0 Å². The molecule has 4 rings (SSSR count). The van der Waals surface area contributed by atoms with Crippen LogP contribution in [0.5, 0.6) is 0 Å². The van der Waals surface area contributed by atoms with E-state index in [-0.39, 0.29) is 33.2 Å². The lowest BCUT2D eigenvalue weighted by molar-refractivity contribution is -0.131. The molecule has 1 aliphatic rings. The number of methoxy groups -OCH3 is 2. The Morgan fingerprint density at radius 2 is 1.59 bits per heavy atom. The van der Waals surface area contributed by atoms with Gasteiger partial charge in [0.2, 0.25) is 0 Å². The van der Waals surface area contributed by atoms with Gasteiger partial charge in [-0.2, -0.15) is 0 Å². The number of ether oxygens (including phenoxy) is 6. The van der Waals surface area contributed by atoms with E-state index in [0.717, 1.165) is 15.7 Å². The highest BCUT2D eigenvalue weighted by atomic mass is 16.6. The number of nitrogens with zero attached hydrogens (tertiary/aromatic N) is 2. The minimum atomic E-state index is -0.983. The van der Waals surface area contributed by atoms with E-state index in [4.69, 9.17) is 28.4 Å². The fraction of sp³-hybridized carbons (Fsp3) is 0.467. The van der Waals surface area contributed by atoms with Crippen molar-refractivity contribution in [1.82, 2.24) is 9.13 Å². The molecule has 0 unspecified atom stereocenters. The molecule has 11 heteroatoms. The SMILES string of the molecule is COCCO[C@@H]1[C@H](OC)[C@@H]([C@@H](CO)OCc2ccccc2)O[C@H]1n1cc(C)c(=O)n(COCc2ccccc2)c1=O. The minimum absolute atomic E-state index is 0.204. The van der Waals surface area contributed by atoms with Crippen LogP contribution in [-0.2, 0) is 48.4 Å². The van der Waals surface area contributed by atoms with Gasteiger partial charge in [-0.15, -0.1) is 0 Å².